The monoisotopic (exact) mass is 496 g/mol. The first kappa shape index (κ1) is 24.3. The Morgan fingerprint density at radius 3 is 2.75 bits per heavy atom. The molecule has 1 unspecified atom stereocenters. The minimum atomic E-state index is -3.31. The number of halogens is 2. The van der Waals surface area contributed by atoms with E-state index in [0.717, 1.165) is 41.3 Å². The van der Waals surface area contributed by atoms with Crippen LogP contribution in [0.15, 0.2) is 36.5 Å². The van der Waals surface area contributed by atoms with Crippen molar-refractivity contribution in [3.8, 4) is 5.75 Å². The lowest BCUT2D eigenvalue weighted by Crippen LogP contribution is -2.21. The maximum atomic E-state index is 14.1. The first-order valence-corrected chi connectivity index (χ1v) is 12.0. The minimum absolute atomic E-state index is 0.0724. The molecule has 3 heterocycles. The van der Waals surface area contributed by atoms with E-state index in [-0.39, 0.29) is 17.7 Å². The van der Waals surface area contributed by atoms with Gasteiger partial charge in [-0.25, -0.2) is 9.97 Å². The Kier molecular flexibility index (Phi) is 6.25. The van der Waals surface area contributed by atoms with E-state index in [1.165, 1.54) is 12.1 Å². The number of rotatable bonds is 7. The number of likely N-dealkylation sites (tertiary alicyclic amines) is 1. The number of alkyl halides is 2. The van der Waals surface area contributed by atoms with Gasteiger partial charge in [0.15, 0.2) is 0 Å². The molecule has 1 aliphatic rings. The Hall–Kier alpha value is -3.37. The van der Waals surface area contributed by atoms with Gasteiger partial charge in [0.2, 0.25) is 0 Å². The lowest BCUT2D eigenvalue weighted by atomic mass is 10.0. The molecule has 10 heteroatoms. The van der Waals surface area contributed by atoms with Crippen molar-refractivity contribution in [1.82, 2.24) is 24.6 Å². The maximum Gasteiger partial charge on any atom is 0.295 e. The molecule has 0 radical (unpaired) electrons. The molecule has 36 heavy (non-hydrogen) atoms. The summed E-state index contributed by atoms with van der Waals surface area (Å²) in [7, 11) is 3.96. The molecule has 1 fully saturated rings. The second kappa shape index (κ2) is 9.25. The van der Waals surface area contributed by atoms with Crippen LogP contribution in [0.3, 0.4) is 0 Å². The van der Waals surface area contributed by atoms with Crippen molar-refractivity contribution >= 4 is 27.6 Å². The second-order valence-corrected chi connectivity index (χ2v) is 9.57. The zero-order chi connectivity index (χ0) is 25.6. The molecule has 2 aromatic carbocycles. The first-order chi connectivity index (χ1) is 17.2. The number of ether oxygens (including phenoxy) is 1. The maximum absolute atomic E-state index is 14.1. The van der Waals surface area contributed by atoms with Crippen LogP contribution < -0.4 is 10.1 Å². The summed E-state index contributed by atoms with van der Waals surface area (Å²) in [5.41, 5.74) is 2.04. The van der Waals surface area contributed by atoms with Gasteiger partial charge in [-0.1, -0.05) is 18.2 Å². The molecule has 1 aliphatic heterocycles. The number of aliphatic hydroxyl groups is 1. The number of likely N-dealkylation sites (N-methyl/N-ethyl adjacent to an activating group) is 1. The number of fused-ring (bicyclic) bond motifs is 3. The van der Waals surface area contributed by atoms with Gasteiger partial charge in [-0.3, -0.25) is 4.68 Å². The van der Waals surface area contributed by atoms with E-state index in [1.54, 1.807) is 23.0 Å². The van der Waals surface area contributed by atoms with Gasteiger partial charge in [-0.15, -0.1) is 0 Å². The van der Waals surface area contributed by atoms with Gasteiger partial charge in [0, 0.05) is 37.1 Å². The minimum Gasteiger partial charge on any atom is -0.487 e. The van der Waals surface area contributed by atoms with Gasteiger partial charge in [-0.2, -0.15) is 13.9 Å². The van der Waals surface area contributed by atoms with Gasteiger partial charge in [0.05, 0.1) is 17.1 Å². The third-order valence-corrected chi connectivity index (χ3v) is 6.76. The Bertz CT molecular complexity index is 1420. The summed E-state index contributed by atoms with van der Waals surface area (Å²) in [6, 6.07) is 7.68. The highest BCUT2D eigenvalue weighted by molar-refractivity contribution is 6.10. The number of benzene rings is 2. The van der Waals surface area contributed by atoms with E-state index in [4.69, 9.17) is 14.8 Å². The lowest BCUT2D eigenvalue weighted by molar-refractivity contribution is -0.0556. The molecule has 2 N–H and O–H groups in total. The highest BCUT2D eigenvalue weighted by Gasteiger charge is 2.31. The van der Waals surface area contributed by atoms with E-state index in [1.807, 2.05) is 27.0 Å². The van der Waals surface area contributed by atoms with Crippen LogP contribution in [0.2, 0.25) is 0 Å². The molecule has 8 nitrogen and oxygen atoms in total. The molecular weight excluding hydrogens is 466 g/mol. The fourth-order valence-electron chi connectivity index (χ4n) is 4.81. The number of anilines is 1. The molecule has 0 bridgehead atoms. The van der Waals surface area contributed by atoms with E-state index in [0.29, 0.717) is 23.0 Å². The van der Waals surface area contributed by atoms with Crippen LogP contribution in [0.5, 0.6) is 5.75 Å². The molecule has 1 saturated heterocycles. The van der Waals surface area contributed by atoms with Crippen LogP contribution in [-0.2, 0) is 13.0 Å². The summed E-state index contributed by atoms with van der Waals surface area (Å²) < 4.78 is 36.4. The van der Waals surface area contributed by atoms with Crippen molar-refractivity contribution in [2.75, 3.05) is 32.1 Å². The molecular formula is C26H30F2N6O2. The SMILES string of the molecule is Cc1nc(N[C@H](C)c2cccc(C(F)(F)CO)c2)c2cc(OC3CCN(C)C3)c3c(cnn3C)c2n1. The lowest BCUT2D eigenvalue weighted by Gasteiger charge is -2.20. The third-order valence-electron chi connectivity index (χ3n) is 6.76. The van der Waals surface area contributed by atoms with E-state index in [2.05, 4.69) is 27.3 Å². The van der Waals surface area contributed by atoms with Crippen LogP contribution >= 0.6 is 0 Å². The quantitative estimate of drug-likeness (QED) is 0.397. The first-order valence-electron chi connectivity index (χ1n) is 12.0. The molecule has 0 saturated carbocycles. The molecule has 0 amide bonds. The van der Waals surface area contributed by atoms with Crippen LogP contribution in [-0.4, -0.2) is 62.6 Å². The largest absolute Gasteiger partial charge is 0.487 e. The number of aliphatic hydroxyl groups excluding tert-OH is 1. The van der Waals surface area contributed by atoms with Crippen LogP contribution in [0.1, 0.15) is 36.3 Å². The standard InChI is InChI=1S/C26H30F2N6O2/c1-15(17-6-5-7-18(10-17)26(27,28)14-35)30-25-20-11-22(36-19-8-9-33(3)13-19)24-21(12-29-34(24)4)23(20)31-16(2)32-25/h5-7,10-12,15,19,35H,8-9,13-14H2,1-4H3,(H,30,31,32)/t15-,19?/m1/s1. The zero-order valence-corrected chi connectivity index (χ0v) is 20.8. The van der Waals surface area contributed by atoms with Crippen molar-refractivity contribution in [2.24, 2.45) is 7.05 Å². The zero-order valence-electron chi connectivity index (χ0n) is 20.8. The summed E-state index contributed by atoms with van der Waals surface area (Å²) in [5, 5.41) is 18.6. The summed E-state index contributed by atoms with van der Waals surface area (Å²) in [4.78, 5) is 11.6. The highest BCUT2D eigenvalue weighted by atomic mass is 19.3. The van der Waals surface area contributed by atoms with Gasteiger partial charge in [0.1, 0.15) is 35.6 Å². The number of hydrogen-bond acceptors (Lipinski definition) is 7. The Morgan fingerprint density at radius 2 is 2.03 bits per heavy atom. The Labute approximate surface area is 207 Å². The molecule has 2 atom stereocenters. The molecule has 4 aromatic rings. The van der Waals surface area contributed by atoms with Crippen molar-refractivity contribution in [1.29, 1.82) is 0 Å². The van der Waals surface area contributed by atoms with Gasteiger partial charge in [0.25, 0.3) is 5.92 Å². The molecule has 0 spiro atoms. The molecule has 2 aromatic heterocycles. The average Bonchev–Trinajstić information content (AvgIpc) is 3.45. The predicted octanol–water partition coefficient (Wildman–Crippen LogP) is 4.17. The van der Waals surface area contributed by atoms with Crippen molar-refractivity contribution in [3.05, 3.63) is 53.5 Å². The van der Waals surface area contributed by atoms with Gasteiger partial charge in [-0.05, 0) is 45.0 Å². The van der Waals surface area contributed by atoms with E-state index < -0.39 is 12.5 Å². The van der Waals surface area contributed by atoms with Crippen molar-refractivity contribution in [2.45, 2.75) is 38.3 Å². The summed E-state index contributed by atoms with van der Waals surface area (Å²) in [6.45, 7) is 4.29. The van der Waals surface area contributed by atoms with Crippen molar-refractivity contribution in [3.63, 3.8) is 0 Å². The molecule has 190 valence electrons. The van der Waals surface area contributed by atoms with E-state index >= 15 is 0 Å². The number of nitrogens with one attached hydrogen (secondary N) is 1. The van der Waals surface area contributed by atoms with Crippen LogP contribution in [0.4, 0.5) is 14.6 Å². The topological polar surface area (TPSA) is 88.3 Å². The van der Waals surface area contributed by atoms with E-state index in [9.17, 15) is 8.78 Å². The van der Waals surface area contributed by atoms with Crippen LogP contribution in [0.25, 0.3) is 21.8 Å². The summed E-state index contributed by atoms with van der Waals surface area (Å²) in [5.74, 6) is -1.43. The fraction of sp³-hybridized carbons (Fsp3) is 0.423. The number of aromatic nitrogens is 4. The average molecular weight is 497 g/mol. The van der Waals surface area contributed by atoms with Crippen molar-refractivity contribution < 1.29 is 18.6 Å². The highest BCUT2D eigenvalue weighted by Crippen LogP contribution is 2.37. The smallest absolute Gasteiger partial charge is 0.295 e. The predicted molar refractivity (Wildman–Crippen MR) is 135 cm³/mol. The van der Waals surface area contributed by atoms with Gasteiger partial charge >= 0.3 is 0 Å². The third kappa shape index (κ3) is 4.46. The number of aryl methyl sites for hydroxylation is 2. The van der Waals surface area contributed by atoms with Crippen LogP contribution in [0, 0.1) is 6.92 Å². The van der Waals surface area contributed by atoms with Gasteiger partial charge < -0.3 is 20.1 Å². The summed E-state index contributed by atoms with van der Waals surface area (Å²) >= 11 is 0. The molecule has 0 aliphatic carbocycles. The Balaban J connectivity index is 1.57. The fourth-order valence-corrected chi connectivity index (χ4v) is 4.81. The number of nitrogens with zero attached hydrogens (tertiary/aromatic N) is 5. The number of hydrogen-bond donors (Lipinski definition) is 2. The summed E-state index contributed by atoms with van der Waals surface area (Å²) in [6.07, 6.45) is 2.80. The normalized spacial score (nSPS) is 17.7. The Morgan fingerprint density at radius 1 is 1.22 bits per heavy atom. The molecule has 5 rings (SSSR count). The second-order valence-electron chi connectivity index (χ2n) is 9.57.